The Morgan fingerprint density at radius 1 is 1.20 bits per heavy atom. The second kappa shape index (κ2) is 4.86. The predicted octanol–water partition coefficient (Wildman–Crippen LogP) is 1.74. The van der Waals surface area contributed by atoms with E-state index in [4.69, 9.17) is 0 Å². The predicted molar refractivity (Wildman–Crippen MR) is 77.3 cm³/mol. The molecule has 20 heavy (non-hydrogen) atoms. The molecule has 1 unspecified atom stereocenters. The molecule has 0 aliphatic carbocycles. The van der Waals surface area contributed by atoms with Crippen molar-refractivity contribution in [2.75, 3.05) is 0 Å². The van der Waals surface area contributed by atoms with Gasteiger partial charge in [-0.3, -0.25) is 19.7 Å². The monoisotopic (exact) mass is 334 g/mol. The second-order valence-corrected chi connectivity index (χ2v) is 5.55. The first-order valence-electron chi connectivity index (χ1n) is 6.21. The summed E-state index contributed by atoms with van der Waals surface area (Å²) < 4.78 is 2.09. The van der Waals surface area contributed by atoms with Crippen LogP contribution in [0.25, 0.3) is 10.8 Å². The highest BCUT2D eigenvalue weighted by Gasteiger charge is 2.28. The van der Waals surface area contributed by atoms with Crippen LogP contribution in [0.3, 0.4) is 0 Å². The summed E-state index contributed by atoms with van der Waals surface area (Å²) in [6.45, 7) is 0. The van der Waals surface area contributed by atoms with Crippen molar-refractivity contribution >= 4 is 38.5 Å². The molecule has 3 rings (SSSR count). The molecule has 1 fully saturated rings. The molecule has 5 nitrogen and oxygen atoms in total. The van der Waals surface area contributed by atoms with Gasteiger partial charge in [-0.05, 0) is 39.9 Å². The zero-order chi connectivity index (χ0) is 14.3. The number of fused-ring (bicyclic) bond motifs is 1. The number of piperidine rings is 1. The third kappa shape index (κ3) is 2.06. The molecule has 0 saturated carbocycles. The fraction of sp³-hybridized carbons (Fsp3) is 0.214. The minimum absolute atomic E-state index is 0.232. The molecule has 1 aromatic heterocycles. The Morgan fingerprint density at radius 3 is 2.75 bits per heavy atom. The lowest BCUT2D eigenvalue weighted by Crippen LogP contribution is -2.44. The number of amides is 2. The van der Waals surface area contributed by atoms with E-state index < -0.39 is 11.9 Å². The van der Waals surface area contributed by atoms with Crippen LogP contribution in [0.4, 0.5) is 0 Å². The number of aromatic nitrogens is 1. The van der Waals surface area contributed by atoms with E-state index in [2.05, 4.69) is 21.2 Å². The first kappa shape index (κ1) is 13.1. The lowest BCUT2D eigenvalue weighted by atomic mass is 10.1. The summed E-state index contributed by atoms with van der Waals surface area (Å²) in [4.78, 5) is 35.6. The highest BCUT2D eigenvalue weighted by Crippen LogP contribution is 2.23. The highest BCUT2D eigenvalue weighted by atomic mass is 79.9. The van der Waals surface area contributed by atoms with E-state index in [0.29, 0.717) is 16.3 Å². The molecule has 0 spiro atoms. The Kier molecular flexibility index (Phi) is 3.17. The minimum atomic E-state index is -0.628. The summed E-state index contributed by atoms with van der Waals surface area (Å²) in [6.07, 6.45) is 2.20. The van der Waals surface area contributed by atoms with Gasteiger partial charge in [-0.2, -0.15) is 0 Å². The Hall–Kier alpha value is -1.95. The maximum atomic E-state index is 12.5. The van der Waals surface area contributed by atoms with Crippen molar-refractivity contribution in [2.24, 2.45) is 0 Å². The normalized spacial score (nSPS) is 19.1. The summed E-state index contributed by atoms with van der Waals surface area (Å²) in [6, 6.07) is 6.65. The maximum absolute atomic E-state index is 12.5. The van der Waals surface area contributed by atoms with Gasteiger partial charge < -0.3 is 4.57 Å². The number of imide groups is 1. The van der Waals surface area contributed by atoms with E-state index in [1.807, 2.05) is 12.1 Å². The van der Waals surface area contributed by atoms with Crippen LogP contribution in [-0.2, 0) is 9.59 Å². The highest BCUT2D eigenvalue weighted by molar-refractivity contribution is 9.10. The number of nitrogens with one attached hydrogen (secondary N) is 1. The van der Waals surface area contributed by atoms with Crippen molar-refractivity contribution in [3.8, 4) is 0 Å². The van der Waals surface area contributed by atoms with Crippen LogP contribution < -0.4 is 10.9 Å². The van der Waals surface area contributed by atoms with Gasteiger partial charge in [0.05, 0.1) is 5.39 Å². The Morgan fingerprint density at radius 2 is 2.00 bits per heavy atom. The van der Waals surface area contributed by atoms with Crippen LogP contribution in [0.2, 0.25) is 0 Å². The molecule has 102 valence electrons. The first-order chi connectivity index (χ1) is 9.58. The van der Waals surface area contributed by atoms with E-state index in [9.17, 15) is 14.4 Å². The number of rotatable bonds is 1. The van der Waals surface area contributed by atoms with E-state index >= 15 is 0 Å². The summed E-state index contributed by atoms with van der Waals surface area (Å²) in [5.74, 6) is -0.712. The quantitative estimate of drug-likeness (QED) is 0.807. The van der Waals surface area contributed by atoms with Crippen molar-refractivity contribution < 1.29 is 9.59 Å². The smallest absolute Gasteiger partial charge is 0.260 e. The third-order valence-electron chi connectivity index (χ3n) is 3.45. The Balaban J connectivity index is 2.16. The second-order valence-electron chi connectivity index (χ2n) is 4.70. The zero-order valence-corrected chi connectivity index (χ0v) is 12.0. The van der Waals surface area contributed by atoms with Gasteiger partial charge in [0.25, 0.3) is 5.56 Å². The third-order valence-corrected chi connectivity index (χ3v) is 4.12. The molecular formula is C14H11BrN2O3. The van der Waals surface area contributed by atoms with Crippen LogP contribution in [-0.4, -0.2) is 16.4 Å². The number of nitrogens with zero attached hydrogens (tertiary/aromatic N) is 1. The number of carbonyl (C=O) groups is 2. The summed E-state index contributed by atoms with van der Waals surface area (Å²) in [5.41, 5.74) is -0.232. The summed E-state index contributed by atoms with van der Waals surface area (Å²) >= 11 is 3.36. The van der Waals surface area contributed by atoms with Crippen molar-refractivity contribution in [3.63, 3.8) is 0 Å². The largest absolute Gasteiger partial charge is 0.302 e. The molecule has 2 amide bonds. The molecule has 6 heteroatoms. The molecule has 1 saturated heterocycles. The van der Waals surface area contributed by atoms with Gasteiger partial charge in [0.15, 0.2) is 0 Å². The number of pyridine rings is 1. The summed E-state index contributed by atoms with van der Waals surface area (Å²) in [7, 11) is 0. The Bertz CT molecular complexity index is 782. The molecule has 0 bridgehead atoms. The van der Waals surface area contributed by atoms with Gasteiger partial charge in [0, 0.05) is 17.1 Å². The summed E-state index contributed by atoms with van der Waals surface area (Å²) in [5, 5.41) is 3.62. The number of hydrogen-bond acceptors (Lipinski definition) is 3. The van der Waals surface area contributed by atoms with Crippen LogP contribution in [0.1, 0.15) is 18.9 Å². The molecule has 1 N–H and O–H groups in total. The molecule has 0 radical (unpaired) electrons. The van der Waals surface area contributed by atoms with Gasteiger partial charge in [0.1, 0.15) is 6.04 Å². The van der Waals surface area contributed by atoms with Gasteiger partial charge in [0.2, 0.25) is 11.8 Å². The lowest BCUT2D eigenvalue weighted by molar-refractivity contribution is -0.135. The standard InChI is InChI=1S/C14H11BrN2O3/c15-9-3-1-2-8-6-7-17(14(20)12(8)9)10-4-5-11(18)16-13(10)19/h1-3,6-7,10H,4-5H2,(H,16,18,19). The van der Waals surface area contributed by atoms with E-state index in [-0.39, 0.29) is 17.9 Å². The average Bonchev–Trinajstić information content (AvgIpc) is 2.40. The molecule has 1 aromatic carbocycles. The Labute approximate surface area is 122 Å². The number of hydrogen-bond donors (Lipinski definition) is 1. The molecule has 1 aliphatic heterocycles. The number of halogens is 1. The van der Waals surface area contributed by atoms with E-state index in [1.54, 1.807) is 18.3 Å². The van der Waals surface area contributed by atoms with Crippen molar-refractivity contribution in [1.82, 2.24) is 9.88 Å². The number of benzene rings is 1. The van der Waals surface area contributed by atoms with Crippen LogP contribution in [0, 0.1) is 0 Å². The van der Waals surface area contributed by atoms with E-state index in [1.165, 1.54) is 4.57 Å². The average molecular weight is 335 g/mol. The van der Waals surface area contributed by atoms with Crippen LogP contribution in [0.15, 0.2) is 39.7 Å². The van der Waals surface area contributed by atoms with Crippen molar-refractivity contribution in [2.45, 2.75) is 18.9 Å². The fourth-order valence-electron chi connectivity index (χ4n) is 2.46. The van der Waals surface area contributed by atoms with Gasteiger partial charge in [-0.15, -0.1) is 0 Å². The van der Waals surface area contributed by atoms with Crippen LogP contribution >= 0.6 is 15.9 Å². The lowest BCUT2D eigenvalue weighted by Gasteiger charge is -2.23. The minimum Gasteiger partial charge on any atom is -0.302 e. The molecule has 1 atom stereocenters. The maximum Gasteiger partial charge on any atom is 0.260 e. The van der Waals surface area contributed by atoms with Gasteiger partial charge in [-0.1, -0.05) is 12.1 Å². The molecule has 2 heterocycles. The van der Waals surface area contributed by atoms with Crippen molar-refractivity contribution in [1.29, 1.82) is 0 Å². The molecular weight excluding hydrogens is 324 g/mol. The zero-order valence-electron chi connectivity index (χ0n) is 10.4. The fourth-order valence-corrected chi connectivity index (χ4v) is 3.01. The molecule has 2 aromatic rings. The van der Waals surface area contributed by atoms with Gasteiger partial charge >= 0.3 is 0 Å². The number of carbonyl (C=O) groups excluding carboxylic acids is 2. The van der Waals surface area contributed by atoms with Crippen molar-refractivity contribution in [3.05, 3.63) is 45.3 Å². The van der Waals surface area contributed by atoms with Crippen LogP contribution in [0.5, 0.6) is 0 Å². The van der Waals surface area contributed by atoms with E-state index in [0.717, 1.165) is 5.39 Å². The topological polar surface area (TPSA) is 68.2 Å². The van der Waals surface area contributed by atoms with Gasteiger partial charge in [-0.25, -0.2) is 0 Å². The first-order valence-corrected chi connectivity index (χ1v) is 7.00. The molecule has 1 aliphatic rings. The SMILES string of the molecule is O=C1CCC(n2ccc3cccc(Br)c3c2=O)C(=O)N1.